The number of imidazole rings is 1. The van der Waals surface area contributed by atoms with Crippen LogP contribution >= 0.6 is 35.0 Å². The minimum absolute atomic E-state index is 0.177. The van der Waals surface area contributed by atoms with Crippen molar-refractivity contribution in [2.75, 3.05) is 12.4 Å². The van der Waals surface area contributed by atoms with Crippen molar-refractivity contribution in [3.8, 4) is 5.75 Å². The SMILES string of the molecule is COc1ccc(Cl)cc1NC(=O)C(C)Sc1nc2ccc(Cl)cc2[nH]1. The van der Waals surface area contributed by atoms with Gasteiger partial charge in [0.15, 0.2) is 5.16 Å². The van der Waals surface area contributed by atoms with Crippen molar-refractivity contribution in [1.29, 1.82) is 0 Å². The third-order valence-corrected chi connectivity index (χ3v) is 4.95. The van der Waals surface area contributed by atoms with E-state index in [4.69, 9.17) is 27.9 Å². The van der Waals surface area contributed by atoms with Crippen LogP contribution in [0.4, 0.5) is 5.69 Å². The Morgan fingerprint density at radius 2 is 1.96 bits per heavy atom. The van der Waals surface area contributed by atoms with E-state index in [0.29, 0.717) is 26.6 Å². The third kappa shape index (κ3) is 4.21. The summed E-state index contributed by atoms with van der Waals surface area (Å²) in [6.45, 7) is 1.80. The van der Waals surface area contributed by atoms with Crippen molar-refractivity contribution in [1.82, 2.24) is 9.97 Å². The van der Waals surface area contributed by atoms with Crippen LogP contribution in [-0.2, 0) is 4.79 Å². The second kappa shape index (κ2) is 7.56. The molecule has 2 aromatic carbocycles. The lowest BCUT2D eigenvalue weighted by atomic mass is 10.3. The fraction of sp³-hybridized carbons (Fsp3) is 0.176. The second-order valence-electron chi connectivity index (χ2n) is 5.30. The minimum atomic E-state index is -0.375. The first-order valence-corrected chi connectivity index (χ1v) is 9.06. The first-order chi connectivity index (χ1) is 12.0. The predicted octanol–water partition coefficient (Wildman–Crippen LogP) is 5.00. The third-order valence-electron chi connectivity index (χ3n) is 3.50. The fourth-order valence-corrected chi connectivity index (χ4v) is 3.41. The quantitative estimate of drug-likeness (QED) is 0.596. The number of benzene rings is 2. The standard InChI is InChI=1S/C17H15Cl2N3O2S/c1-9(16(23)20-14-8-11(19)4-6-15(14)24-2)25-17-21-12-5-3-10(18)7-13(12)22-17/h3-9H,1-2H3,(H,20,23)(H,21,22). The monoisotopic (exact) mass is 395 g/mol. The number of carbonyl (C=O) groups excluding carboxylic acids is 1. The van der Waals surface area contributed by atoms with E-state index in [-0.39, 0.29) is 11.2 Å². The van der Waals surface area contributed by atoms with Crippen LogP contribution in [0.5, 0.6) is 5.75 Å². The molecule has 0 aliphatic rings. The zero-order valence-corrected chi connectivity index (χ0v) is 15.8. The number of ether oxygens (including phenoxy) is 1. The molecule has 1 heterocycles. The van der Waals surface area contributed by atoms with Crippen molar-refractivity contribution >= 4 is 57.6 Å². The van der Waals surface area contributed by atoms with Gasteiger partial charge in [0.2, 0.25) is 5.91 Å². The van der Waals surface area contributed by atoms with E-state index in [1.165, 1.54) is 18.9 Å². The highest BCUT2D eigenvalue weighted by molar-refractivity contribution is 8.00. The molecule has 2 N–H and O–H groups in total. The number of thioether (sulfide) groups is 1. The molecule has 8 heteroatoms. The molecule has 1 atom stereocenters. The minimum Gasteiger partial charge on any atom is -0.495 e. The Bertz CT molecular complexity index is 929. The maximum Gasteiger partial charge on any atom is 0.237 e. The summed E-state index contributed by atoms with van der Waals surface area (Å²) < 4.78 is 5.24. The largest absolute Gasteiger partial charge is 0.495 e. The topological polar surface area (TPSA) is 67.0 Å². The van der Waals surface area contributed by atoms with Crippen LogP contribution in [0.15, 0.2) is 41.6 Å². The number of amides is 1. The summed E-state index contributed by atoms with van der Waals surface area (Å²) in [5.41, 5.74) is 2.17. The van der Waals surface area contributed by atoms with Gasteiger partial charge in [0.1, 0.15) is 5.75 Å². The molecule has 3 rings (SSSR count). The van der Waals surface area contributed by atoms with E-state index in [0.717, 1.165) is 11.0 Å². The molecule has 5 nitrogen and oxygen atoms in total. The zero-order chi connectivity index (χ0) is 18.0. The molecule has 1 unspecified atom stereocenters. The molecular formula is C17H15Cl2N3O2S. The number of nitrogens with zero attached hydrogens (tertiary/aromatic N) is 1. The maximum absolute atomic E-state index is 12.5. The van der Waals surface area contributed by atoms with E-state index < -0.39 is 0 Å². The number of H-pyrrole nitrogens is 1. The molecule has 0 saturated carbocycles. The summed E-state index contributed by atoms with van der Waals surface area (Å²) in [6, 6.07) is 10.5. The van der Waals surface area contributed by atoms with Gasteiger partial charge >= 0.3 is 0 Å². The molecular weight excluding hydrogens is 381 g/mol. The zero-order valence-electron chi connectivity index (χ0n) is 13.5. The van der Waals surface area contributed by atoms with Gasteiger partial charge in [0, 0.05) is 10.0 Å². The van der Waals surface area contributed by atoms with Crippen LogP contribution in [0, 0.1) is 0 Å². The summed E-state index contributed by atoms with van der Waals surface area (Å²) in [7, 11) is 1.54. The number of rotatable bonds is 5. The first-order valence-electron chi connectivity index (χ1n) is 7.42. The number of aromatic nitrogens is 2. The highest BCUT2D eigenvalue weighted by Crippen LogP contribution is 2.30. The summed E-state index contributed by atoms with van der Waals surface area (Å²) in [6.07, 6.45) is 0. The fourth-order valence-electron chi connectivity index (χ4n) is 2.25. The molecule has 0 aliphatic heterocycles. The van der Waals surface area contributed by atoms with E-state index in [2.05, 4.69) is 15.3 Å². The molecule has 130 valence electrons. The van der Waals surface area contributed by atoms with Crippen LogP contribution in [0.3, 0.4) is 0 Å². The lowest BCUT2D eigenvalue weighted by molar-refractivity contribution is -0.115. The lowest BCUT2D eigenvalue weighted by Gasteiger charge is -2.13. The van der Waals surface area contributed by atoms with Gasteiger partial charge in [0.25, 0.3) is 0 Å². The van der Waals surface area contributed by atoms with Crippen molar-refractivity contribution < 1.29 is 9.53 Å². The number of anilines is 1. The first kappa shape index (κ1) is 17.9. The second-order valence-corrected chi connectivity index (χ2v) is 7.50. The van der Waals surface area contributed by atoms with Crippen molar-refractivity contribution in [3.05, 3.63) is 46.4 Å². The summed E-state index contributed by atoms with van der Waals surface area (Å²) in [5.74, 6) is 0.373. The average molecular weight is 396 g/mol. The van der Waals surface area contributed by atoms with Crippen molar-refractivity contribution in [2.24, 2.45) is 0 Å². The number of halogens is 2. The molecule has 0 bridgehead atoms. The van der Waals surface area contributed by atoms with E-state index in [1.54, 1.807) is 37.3 Å². The van der Waals surface area contributed by atoms with Gasteiger partial charge in [-0.05, 0) is 43.3 Å². The highest BCUT2D eigenvalue weighted by Gasteiger charge is 2.18. The Morgan fingerprint density at radius 1 is 1.24 bits per heavy atom. The van der Waals surface area contributed by atoms with E-state index >= 15 is 0 Å². The van der Waals surface area contributed by atoms with Crippen LogP contribution in [0.25, 0.3) is 11.0 Å². The number of hydrogen-bond acceptors (Lipinski definition) is 4. The lowest BCUT2D eigenvalue weighted by Crippen LogP contribution is -2.22. The van der Waals surface area contributed by atoms with Crippen molar-refractivity contribution in [3.63, 3.8) is 0 Å². The Morgan fingerprint density at radius 3 is 2.72 bits per heavy atom. The molecule has 0 aliphatic carbocycles. The Hall–Kier alpha value is -1.89. The van der Waals surface area contributed by atoms with E-state index in [1.807, 2.05) is 6.07 Å². The summed E-state index contributed by atoms with van der Waals surface area (Å²) >= 11 is 13.3. The van der Waals surface area contributed by atoms with Gasteiger partial charge in [-0.15, -0.1) is 0 Å². The number of methoxy groups -OCH3 is 1. The summed E-state index contributed by atoms with van der Waals surface area (Å²) in [4.78, 5) is 20.1. The smallest absolute Gasteiger partial charge is 0.237 e. The number of hydrogen-bond donors (Lipinski definition) is 2. The molecule has 0 radical (unpaired) electrons. The number of aromatic amines is 1. The van der Waals surface area contributed by atoms with Gasteiger partial charge in [0.05, 0.1) is 29.1 Å². The molecule has 3 aromatic rings. The van der Waals surface area contributed by atoms with Crippen LogP contribution in [0.2, 0.25) is 10.0 Å². The number of carbonyl (C=O) groups is 1. The summed E-state index contributed by atoms with van der Waals surface area (Å²) in [5, 5.41) is 4.26. The molecule has 0 spiro atoms. The van der Waals surface area contributed by atoms with Crippen LogP contribution in [0.1, 0.15) is 6.92 Å². The number of nitrogens with one attached hydrogen (secondary N) is 2. The van der Waals surface area contributed by atoms with Gasteiger partial charge in [-0.2, -0.15) is 0 Å². The van der Waals surface area contributed by atoms with Crippen molar-refractivity contribution in [2.45, 2.75) is 17.3 Å². The van der Waals surface area contributed by atoms with Crippen LogP contribution in [-0.4, -0.2) is 28.2 Å². The van der Waals surface area contributed by atoms with Crippen LogP contribution < -0.4 is 10.1 Å². The molecule has 1 aromatic heterocycles. The number of fused-ring (bicyclic) bond motifs is 1. The van der Waals surface area contributed by atoms with E-state index in [9.17, 15) is 4.79 Å². The molecule has 0 fully saturated rings. The highest BCUT2D eigenvalue weighted by atomic mass is 35.5. The van der Waals surface area contributed by atoms with Gasteiger partial charge in [-0.1, -0.05) is 35.0 Å². The molecule has 0 saturated heterocycles. The van der Waals surface area contributed by atoms with Gasteiger partial charge < -0.3 is 15.0 Å². The molecule has 25 heavy (non-hydrogen) atoms. The molecule has 1 amide bonds. The Kier molecular flexibility index (Phi) is 5.42. The van der Waals surface area contributed by atoms with Gasteiger partial charge in [-0.3, -0.25) is 4.79 Å². The predicted molar refractivity (Wildman–Crippen MR) is 103 cm³/mol. The Labute approximate surface area is 159 Å². The maximum atomic E-state index is 12.5. The normalized spacial score (nSPS) is 12.2. The average Bonchev–Trinajstić information content (AvgIpc) is 2.96. The van der Waals surface area contributed by atoms with Gasteiger partial charge in [-0.25, -0.2) is 4.98 Å². The Balaban J connectivity index is 1.72.